The van der Waals surface area contributed by atoms with Gasteiger partial charge in [-0.15, -0.1) is 0 Å². The number of alkyl halides is 3. The van der Waals surface area contributed by atoms with Crippen LogP contribution in [0.15, 0.2) is 0 Å². The SMILES string of the molecule is CO[SiH](OC)OC.O=C(O)C(F)(F)F. The lowest BCUT2D eigenvalue weighted by atomic mass is 10.7. The minimum Gasteiger partial charge on any atom is -0.475 e. The van der Waals surface area contributed by atoms with Gasteiger partial charge in [-0.25, -0.2) is 4.79 Å². The van der Waals surface area contributed by atoms with E-state index in [9.17, 15) is 13.2 Å². The molecule has 0 rings (SSSR count). The highest BCUT2D eigenvalue weighted by molar-refractivity contribution is 6.36. The number of hydrogen-bond donors (Lipinski definition) is 1. The van der Waals surface area contributed by atoms with E-state index in [1.165, 1.54) is 0 Å². The molecule has 0 spiro atoms. The highest BCUT2D eigenvalue weighted by atomic mass is 28.3. The third-order valence-corrected chi connectivity index (χ3v) is 1.97. The molecule has 9 heteroatoms. The van der Waals surface area contributed by atoms with Gasteiger partial charge in [-0.3, -0.25) is 0 Å². The van der Waals surface area contributed by atoms with Crippen LogP contribution >= 0.6 is 0 Å². The highest BCUT2D eigenvalue weighted by Gasteiger charge is 2.38. The van der Waals surface area contributed by atoms with Gasteiger partial charge in [0.05, 0.1) is 0 Å². The molecule has 0 bridgehead atoms. The van der Waals surface area contributed by atoms with Crippen molar-refractivity contribution in [3.63, 3.8) is 0 Å². The van der Waals surface area contributed by atoms with E-state index >= 15 is 0 Å². The van der Waals surface area contributed by atoms with Gasteiger partial charge in [0.25, 0.3) is 0 Å². The van der Waals surface area contributed by atoms with Crippen molar-refractivity contribution in [1.82, 2.24) is 0 Å². The molecule has 0 saturated carbocycles. The van der Waals surface area contributed by atoms with Crippen LogP contribution in [-0.4, -0.2) is 48.1 Å². The zero-order valence-electron chi connectivity index (χ0n) is 7.79. The largest absolute Gasteiger partial charge is 0.490 e. The molecule has 86 valence electrons. The van der Waals surface area contributed by atoms with Gasteiger partial charge < -0.3 is 18.4 Å². The molecule has 0 aliphatic carbocycles. The number of carbonyl (C=O) groups is 1. The smallest absolute Gasteiger partial charge is 0.475 e. The predicted octanol–water partition coefficient (Wildman–Crippen LogP) is 0.276. The topological polar surface area (TPSA) is 65.0 Å². The maximum atomic E-state index is 10.6. The van der Waals surface area contributed by atoms with Crippen molar-refractivity contribution in [2.24, 2.45) is 0 Å². The number of halogens is 3. The van der Waals surface area contributed by atoms with Gasteiger partial charge in [0.1, 0.15) is 0 Å². The lowest BCUT2D eigenvalue weighted by Crippen LogP contribution is -2.21. The zero-order valence-corrected chi connectivity index (χ0v) is 8.95. The zero-order chi connectivity index (χ0) is 11.8. The van der Waals surface area contributed by atoms with E-state index in [2.05, 4.69) is 0 Å². The first-order valence-corrected chi connectivity index (χ1v) is 4.59. The molecule has 0 aliphatic heterocycles. The van der Waals surface area contributed by atoms with Gasteiger partial charge in [0.2, 0.25) is 0 Å². The average Bonchev–Trinajstić information content (AvgIpc) is 2.07. The standard InChI is InChI=1S/C3H10O3Si.C2HF3O2/c1-4-7(5-2)6-3;3-2(4,5)1(6)7/h7H,1-3H3;(H,6,7). The van der Waals surface area contributed by atoms with Crippen LogP contribution in [0.5, 0.6) is 0 Å². The first-order valence-electron chi connectivity index (χ1n) is 3.18. The van der Waals surface area contributed by atoms with Crippen molar-refractivity contribution < 1.29 is 36.4 Å². The van der Waals surface area contributed by atoms with Crippen molar-refractivity contribution in [3.8, 4) is 0 Å². The fourth-order valence-corrected chi connectivity index (χ4v) is 0.866. The number of aliphatic carboxylic acids is 1. The van der Waals surface area contributed by atoms with Crippen molar-refractivity contribution in [3.05, 3.63) is 0 Å². The Bertz CT molecular complexity index is 152. The van der Waals surface area contributed by atoms with Crippen LogP contribution in [0.4, 0.5) is 13.2 Å². The van der Waals surface area contributed by atoms with Gasteiger partial charge >= 0.3 is 21.7 Å². The molecule has 0 aliphatic rings. The summed E-state index contributed by atoms with van der Waals surface area (Å²) in [5, 5.41) is 7.12. The van der Waals surface area contributed by atoms with Crippen LogP contribution in [0.3, 0.4) is 0 Å². The molecule has 0 unspecified atom stereocenters. The second-order valence-electron chi connectivity index (χ2n) is 1.80. The van der Waals surface area contributed by atoms with Gasteiger partial charge in [-0.2, -0.15) is 13.2 Å². The molecule has 1 N–H and O–H groups in total. The number of hydrogen-bond acceptors (Lipinski definition) is 4. The molecule has 0 aromatic carbocycles. The van der Waals surface area contributed by atoms with Crippen LogP contribution < -0.4 is 0 Å². The number of carboxylic acids is 1. The maximum Gasteiger partial charge on any atom is 0.490 e. The highest BCUT2D eigenvalue weighted by Crippen LogP contribution is 2.13. The summed E-state index contributed by atoms with van der Waals surface area (Å²) in [6.07, 6.45) is -5.08. The molecule has 0 aromatic heterocycles. The van der Waals surface area contributed by atoms with Crippen LogP contribution in [0.25, 0.3) is 0 Å². The van der Waals surface area contributed by atoms with Crippen molar-refractivity contribution in [2.75, 3.05) is 21.3 Å². The summed E-state index contributed by atoms with van der Waals surface area (Å²) >= 11 is 0. The molecule has 0 fully saturated rings. The minimum atomic E-state index is -5.08. The Morgan fingerprint density at radius 3 is 1.36 bits per heavy atom. The molecule has 0 amide bonds. The molecule has 0 saturated heterocycles. The lowest BCUT2D eigenvalue weighted by Gasteiger charge is -2.05. The molecule has 0 radical (unpaired) electrons. The maximum absolute atomic E-state index is 10.6. The third-order valence-electron chi connectivity index (χ3n) is 0.820. The molecule has 14 heavy (non-hydrogen) atoms. The van der Waals surface area contributed by atoms with E-state index in [1.54, 1.807) is 21.3 Å². The first kappa shape index (κ1) is 15.8. The van der Waals surface area contributed by atoms with Gasteiger partial charge in [0.15, 0.2) is 0 Å². The summed E-state index contributed by atoms with van der Waals surface area (Å²) in [7, 11) is 3.05. The second-order valence-corrected chi connectivity index (χ2v) is 3.79. The number of rotatable bonds is 3. The van der Waals surface area contributed by atoms with E-state index in [0.29, 0.717) is 0 Å². The van der Waals surface area contributed by atoms with Crippen molar-refractivity contribution in [1.29, 1.82) is 0 Å². The quantitative estimate of drug-likeness (QED) is 0.713. The normalized spacial score (nSPS) is 10.8. The molecule has 0 atom stereocenters. The van der Waals surface area contributed by atoms with Crippen LogP contribution in [0.1, 0.15) is 0 Å². The monoisotopic (exact) mass is 236 g/mol. The molecular formula is C5H11F3O5Si. The van der Waals surface area contributed by atoms with Crippen molar-refractivity contribution in [2.45, 2.75) is 6.18 Å². The summed E-state index contributed by atoms with van der Waals surface area (Å²) in [6.45, 7) is 0. The average molecular weight is 236 g/mol. The third kappa shape index (κ3) is 9.44. The predicted molar refractivity (Wildman–Crippen MR) is 41.9 cm³/mol. The van der Waals surface area contributed by atoms with E-state index in [0.717, 1.165) is 0 Å². The molecular weight excluding hydrogens is 225 g/mol. The minimum absolute atomic E-state index is 1.57. The summed E-state index contributed by atoms with van der Waals surface area (Å²) in [5.74, 6) is -2.76. The van der Waals surface area contributed by atoms with Crippen LogP contribution in [0.2, 0.25) is 0 Å². The van der Waals surface area contributed by atoms with Crippen molar-refractivity contribution >= 4 is 15.5 Å². The number of carboxylic acid groups (broad SMARTS) is 1. The summed E-state index contributed by atoms with van der Waals surface area (Å²) in [6, 6.07) is 0. The second kappa shape index (κ2) is 7.73. The van der Waals surface area contributed by atoms with Gasteiger partial charge in [-0.05, 0) is 0 Å². The van der Waals surface area contributed by atoms with Crippen LogP contribution in [0, 0.1) is 0 Å². The van der Waals surface area contributed by atoms with Gasteiger partial charge in [-0.1, -0.05) is 0 Å². The van der Waals surface area contributed by atoms with Crippen LogP contribution in [-0.2, 0) is 18.1 Å². The van der Waals surface area contributed by atoms with Gasteiger partial charge in [0, 0.05) is 21.3 Å². The Kier molecular flexibility index (Phi) is 8.73. The summed E-state index contributed by atoms with van der Waals surface area (Å²) < 4.78 is 46.0. The fourth-order valence-electron chi connectivity index (χ4n) is 0.289. The molecule has 0 aromatic rings. The van der Waals surface area contributed by atoms with E-state index in [4.69, 9.17) is 23.2 Å². The lowest BCUT2D eigenvalue weighted by molar-refractivity contribution is -0.192. The van der Waals surface area contributed by atoms with E-state index in [1.807, 2.05) is 0 Å². The summed E-state index contributed by atoms with van der Waals surface area (Å²) in [4.78, 5) is 8.90. The first-order chi connectivity index (χ1) is 6.29. The fraction of sp³-hybridized carbons (Fsp3) is 0.800. The summed E-state index contributed by atoms with van der Waals surface area (Å²) in [5.41, 5.74) is 0. The molecule has 0 heterocycles. The van der Waals surface area contributed by atoms with E-state index in [-0.39, 0.29) is 0 Å². The molecule has 5 nitrogen and oxygen atoms in total. The Morgan fingerprint density at radius 1 is 1.14 bits per heavy atom. The Morgan fingerprint density at radius 2 is 1.36 bits per heavy atom. The Balaban J connectivity index is 0. The Labute approximate surface area is 80.3 Å². The Hall–Kier alpha value is -0.643. The van der Waals surface area contributed by atoms with E-state index < -0.39 is 21.7 Å².